The lowest BCUT2D eigenvalue weighted by molar-refractivity contribution is -0.152. The number of rotatable bonds is 5. The van der Waals surface area contributed by atoms with E-state index in [9.17, 15) is 9.59 Å². The molecule has 0 bridgehead atoms. The summed E-state index contributed by atoms with van der Waals surface area (Å²) in [6.45, 7) is 1.86. The highest BCUT2D eigenvalue weighted by Gasteiger charge is 2.42. The van der Waals surface area contributed by atoms with Crippen molar-refractivity contribution in [3.63, 3.8) is 0 Å². The van der Waals surface area contributed by atoms with E-state index in [-0.39, 0.29) is 17.2 Å². The van der Waals surface area contributed by atoms with E-state index in [0.29, 0.717) is 32.6 Å². The van der Waals surface area contributed by atoms with Gasteiger partial charge in [-0.25, -0.2) is 0 Å². The maximum absolute atomic E-state index is 12.4. The van der Waals surface area contributed by atoms with Gasteiger partial charge in [0.25, 0.3) is 0 Å². The first-order chi connectivity index (χ1) is 11.5. The summed E-state index contributed by atoms with van der Waals surface area (Å²) in [6, 6.07) is 8.18. The van der Waals surface area contributed by atoms with Crippen molar-refractivity contribution in [3.8, 4) is 0 Å². The van der Waals surface area contributed by atoms with Gasteiger partial charge in [-0.2, -0.15) is 0 Å². The van der Waals surface area contributed by atoms with Crippen molar-refractivity contribution < 1.29 is 19.4 Å². The second kappa shape index (κ2) is 7.23. The predicted octanol–water partition coefficient (Wildman–Crippen LogP) is 2.72. The van der Waals surface area contributed by atoms with Gasteiger partial charge in [0.2, 0.25) is 5.91 Å². The van der Waals surface area contributed by atoms with Gasteiger partial charge in [0.1, 0.15) is 0 Å². The molecule has 2 fully saturated rings. The van der Waals surface area contributed by atoms with Crippen LogP contribution in [0.2, 0.25) is 0 Å². The third-order valence-electron chi connectivity index (χ3n) is 5.42. The third kappa shape index (κ3) is 3.49. The van der Waals surface area contributed by atoms with Crippen molar-refractivity contribution in [3.05, 3.63) is 34.3 Å². The van der Waals surface area contributed by atoms with Gasteiger partial charge in [0, 0.05) is 29.6 Å². The first kappa shape index (κ1) is 17.4. The zero-order valence-electron chi connectivity index (χ0n) is 13.5. The highest BCUT2D eigenvalue weighted by Crippen LogP contribution is 2.37. The number of aliphatic carboxylic acids is 1. The van der Waals surface area contributed by atoms with E-state index in [2.05, 4.69) is 33.4 Å². The van der Waals surface area contributed by atoms with Gasteiger partial charge in [-0.15, -0.1) is 0 Å². The number of carboxylic acids is 1. The average Bonchev–Trinajstić information content (AvgIpc) is 2.52. The van der Waals surface area contributed by atoms with Crippen LogP contribution in [0.1, 0.15) is 31.2 Å². The molecule has 1 aromatic carbocycles. The van der Waals surface area contributed by atoms with E-state index in [0.717, 1.165) is 17.3 Å². The van der Waals surface area contributed by atoms with Crippen LogP contribution in [0.15, 0.2) is 28.7 Å². The molecular formula is C18H22BrNO4. The molecule has 24 heavy (non-hydrogen) atoms. The molecule has 0 aromatic heterocycles. The first-order valence-electron chi connectivity index (χ1n) is 8.36. The summed E-state index contributed by atoms with van der Waals surface area (Å²) in [5, 5.41) is 12.2. The summed E-state index contributed by atoms with van der Waals surface area (Å²) in [6.07, 6.45) is 2.95. The normalized spacial score (nSPS) is 25.5. The standard InChI is InChI=1S/C18H22BrNO4/c19-13-3-1-2-12(10-13)18(6-8-24-9-7-18)11-20-16(21)14-4-5-15(14)17(22)23/h1-3,10,14-15H,4-9,11H2,(H,20,21)(H,22,23). The molecule has 1 aliphatic carbocycles. The number of benzene rings is 1. The highest BCUT2D eigenvalue weighted by atomic mass is 79.9. The Kier molecular flexibility index (Phi) is 5.25. The summed E-state index contributed by atoms with van der Waals surface area (Å²) < 4.78 is 6.53. The maximum atomic E-state index is 12.4. The van der Waals surface area contributed by atoms with E-state index >= 15 is 0 Å². The molecule has 130 valence electrons. The van der Waals surface area contributed by atoms with Gasteiger partial charge in [0.15, 0.2) is 0 Å². The van der Waals surface area contributed by atoms with Crippen molar-refractivity contribution in [1.82, 2.24) is 5.32 Å². The molecule has 3 rings (SSSR count). The minimum absolute atomic E-state index is 0.130. The minimum atomic E-state index is -0.867. The Labute approximate surface area is 149 Å². The monoisotopic (exact) mass is 395 g/mol. The van der Waals surface area contributed by atoms with Crippen LogP contribution in [-0.2, 0) is 19.7 Å². The van der Waals surface area contributed by atoms with Gasteiger partial charge in [0.05, 0.1) is 11.8 Å². The van der Waals surface area contributed by atoms with Gasteiger partial charge < -0.3 is 15.2 Å². The predicted molar refractivity (Wildman–Crippen MR) is 92.7 cm³/mol. The van der Waals surface area contributed by atoms with E-state index < -0.39 is 11.9 Å². The first-order valence-corrected chi connectivity index (χ1v) is 9.15. The molecule has 2 N–H and O–H groups in total. The third-order valence-corrected chi connectivity index (χ3v) is 5.91. The van der Waals surface area contributed by atoms with Crippen molar-refractivity contribution in [1.29, 1.82) is 0 Å². The molecule has 1 aromatic rings. The largest absolute Gasteiger partial charge is 0.481 e. The zero-order valence-corrected chi connectivity index (χ0v) is 15.0. The number of hydrogen-bond acceptors (Lipinski definition) is 3. The number of carbonyl (C=O) groups excluding carboxylic acids is 1. The number of amides is 1. The second-order valence-electron chi connectivity index (χ2n) is 6.75. The van der Waals surface area contributed by atoms with E-state index in [1.54, 1.807) is 0 Å². The second-order valence-corrected chi connectivity index (χ2v) is 7.67. The Bertz CT molecular complexity index is 627. The van der Waals surface area contributed by atoms with Crippen LogP contribution in [0, 0.1) is 11.8 Å². The van der Waals surface area contributed by atoms with Gasteiger partial charge in [-0.05, 0) is 43.4 Å². The van der Waals surface area contributed by atoms with Crippen LogP contribution in [0.3, 0.4) is 0 Å². The molecule has 1 amide bonds. The number of nitrogens with one attached hydrogen (secondary N) is 1. The fraction of sp³-hybridized carbons (Fsp3) is 0.556. The van der Waals surface area contributed by atoms with Crippen LogP contribution >= 0.6 is 15.9 Å². The quantitative estimate of drug-likeness (QED) is 0.803. The molecule has 6 heteroatoms. The van der Waals surface area contributed by atoms with Crippen LogP contribution < -0.4 is 5.32 Å². The highest BCUT2D eigenvalue weighted by molar-refractivity contribution is 9.10. The smallest absolute Gasteiger partial charge is 0.307 e. The molecule has 0 spiro atoms. The number of ether oxygens (including phenoxy) is 1. The fourth-order valence-electron chi connectivity index (χ4n) is 3.64. The molecule has 0 radical (unpaired) electrons. The van der Waals surface area contributed by atoms with E-state index in [1.807, 2.05) is 12.1 Å². The molecule has 1 heterocycles. The van der Waals surface area contributed by atoms with Crippen LogP contribution in [-0.4, -0.2) is 36.7 Å². The lowest BCUT2D eigenvalue weighted by Crippen LogP contribution is -2.49. The van der Waals surface area contributed by atoms with Crippen molar-refractivity contribution in [2.45, 2.75) is 31.1 Å². The molecule has 1 saturated carbocycles. The minimum Gasteiger partial charge on any atom is -0.481 e. The summed E-state index contributed by atoms with van der Waals surface area (Å²) in [5.74, 6) is -1.91. The number of halogens is 1. The van der Waals surface area contributed by atoms with Crippen LogP contribution in [0.5, 0.6) is 0 Å². The maximum Gasteiger partial charge on any atom is 0.307 e. The summed E-state index contributed by atoms with van der Waals surface area (Å²) in [5.41, 5.74) is 1.03. The molecule has 1 aliphatic heterocycles. The number of carboxylic acid groups (broad SMARTS) is 1. The summed E-state index contributed by atoms with van der Waals surface area (Å²) in [4.78, 5) is 23.5. The molecule has 2 atom stereocenters. The lowest BCUT2D eigenvalue weighted by Gasteiger charge is -2.39. The van der Waals surface area contributed by atoms with Gasteiger partial charge in [-0.1, -0.05) is 28.1 Å². The van der Waals surface area contributed by atoms with Crippen molar-refractivity contribution in [2.24, 2.45) is 11.8 Å². The Hall–Kier alpha value is -1.40. The Morgan fingerprint density at radius 3 is 2.54 bits per heavy atom. The molecule has 5 nitrogen and oxygen atoms in total. The Balaban J connectivity index is 1.71. The Morgan fingerprint density at radius 2 is 1.96 bits per heavy atom. The van der Waals surface area contributed by atoms with E-state index in [4.69, 9.17) is 9.84 Å². The molecule has 2 aliphatic rings. The van der Waals surface area contributed by atoms with Crippen molar-refractivity contribution in [2.75, 3.05) is 19.8 Å². The van der Waals surface area contributed by atoms with Gasteiger partial charge in [-0.3, -0.25) is 9.59 Å². The number of hydrogen-bond donors (Lipinski definition) is 2. The summed E-state index contributed by atoms with van der Waals surface area (Å²) in [7, 11) is 0. The topological polar surface area (TPSA) is 75.6 Å². The summed E-state index contributed by atoms with van der Waals surface area (Å²) >= 11 is 3.52. The van der Waals surface area contributed by atoms with Crippen molar-refractivity contribution >= 4 is 27.8 Å². The molecule has 1 saturated heterocycles. The SMILES string of the molecule is O=C(O)C1CCC1C(=O)NCC1(c2cccc(Br)c2)CCOCC1. The lowest BCUT2D eigenvalue weighted by atomic mass is 9.72. The van der Waals surface area contributed by atoms with Gasteiger partial charge >= 0.3 is 5.97 Å². The fourth-order valence-corrected chi connectivity index (χ4v) is 4.04. The Morgan fingerprint density at radius 1 is 1.25 bits per heavy atom. The molecule has 2 unspecified atom stereocenters. The van der Waals surface area contributed by atoms with Crippen LogP contribution in [0.4, 0.5) is 0 Å². The number of carbonyl (C=O) groups is 2. The zero-order chi connectivity index (χ0) is 17.2. The van der Waals surface area contributed by atoms with E-state index in [1.165, 1.54) is 5.56 Å². The average molecular weight is 396 g/mol. The van der Waals surface area contributed by atoms with Crippen LogP contribution in [0.25, 0.3) is 0 Å². The molecular weight excluding hydrogens is 374 g/mol.